The van der Waals surface area contributed by atoms with E-state index < -0.39 is 0 Å². The van der Waals surface area contributed by atoms with Crippen molar-refractivity contribution in [1.29, 1.82) is 0 Å². The fourth-order valence-electron chi connectivity index (χ4n) is 4.49. The normalized spacial score (nSPS) is 25.0. The van der Waals surface area contributed by atoms with Crippen LogP contribution < -0.4 is 0 Å². The number of carbonyl (C=O) groups is 1. The molecular formula is C20H23ClFN3OS. The van der Waals surface area contributed by atoms with Crippen molar-refractivity contribution in [3.63, 3.8) is 0 Å². The number of halogens is 2. The van der Waals surface area contributed by atoms with Gasteiger partial charge in [0.25, 0.3) is 0 Å². The van der Waals surface area contributed by atoms with Crippen LogP contribution in [0.3, 0.4) is 0 Å². The summed E-state index contributed by atoms with van der Waals surface area (Å²) in [6.07, 6.45) is 0. The molecule has 2 saturated heterocycles. The van der Waals surface area contributed by atoms with E-state index in [9.17, 15) is 9.18 Å². The fraction of sp³-hybridized carbons (Fsp3) is 0.450. The monoisotopic (exact) mass is 407 g/mol. The zero-order chi connectivity index (χ0) is 19.1. The summed E-state index contributed by atoms with van der Waals surface area (Å²) in [5.41, 5.74) is 0.888. The van der Waals surface area contributed by atoms with E-state index in [4.69, 9.17) is 11.6 Å². The van der Waals surface area contributed by atoms with Gasteiger partial charge < -0.3 is 9.80 Å². The summed E-state index contributed by atoms with van der Waals surface area (Å²) in [4.78, 5) is 20.0. The molecule has 2 aliphatic heterocycles. The molecule has 0 spiro atoms. The number of urea groups is 1. The number of hydrogen-bond acceptors (Lipinski definition) is 3. The van der Waals surface area contributed by atoms with E-state index in [0.29, 0.717) is 18.4 Å². The molecule has 2 amide bonds. The Morgan fingerprint density at radius 2 is 2.07 bits per heavy atom. The fourth-order valence-corrected chi connectivity index (χ4v) is 5.62. The summed E-state index contributed by atoms with van der Waals surface area (Å²) in [6.45, 7) is 3.44. The topological polar surface area (TPSA) is 26.8 Å². The molecule has 3 atom stereocenters. The first-order valence-corrected chi connectivity index (χ1v) is 10.3. The Balaban J connectivity index is 1.57. The predicted molar refractivity (Wildman–Crippen MR) is 107 cm³/mol. The van der Waals surface area contributed by atoms with Crippen molar-refractivity contribution in [2.75, 3.05) is 33.7 Å². The molecular weight excluding hydrogens is 385 g/mol. The van der Waals surface area contributed by atoms with E-state index in [-0.39, 0.29) is 17.9 Å². The molecule has 1 aromatic carbocycles. The average molecular weight is 408 g/mol. The van der Waals surface area contributed by atoms with E-state index in [1.165, 1.54) is 10.9 Å². The predicted octanol–water partition coefficient (Wildman–Crippen LogP) is 4.33. The van der Waals surface area contributed by atoms with Gasteiger partial charge in [-0.05, 0) is 35.7 Å². The molecule has 4 rings (SSSR count). The third-order valence-corrected chi connectivity index (χ3v) is 6.78. The van der Waals surface area contributed by atoms with Crippen LogP contribution in [0, 0.1) is 17.7 Å². The molecule has 0 bridgehead atoms. The van der Waals surface area contributed by atoms with Gasteiger partial charge >= 0.3 is 6.03 Å². The molecule has 2 aliphatic rings. The third kappa shape index (κ3) is 3.71. The van der Waals surface area contributed by atoms with Crippen LogP contribution in [-0.4, -0.2) is 54.5 Å². The molecule has 27 heavy (non-hydrogen) atoms. The lowest BCUT2D eigenvalue weighted by Gasteiger charge is -2.31. The number of likely N-dealkylation sites (tertiary alicyclic amines) is 2. The molecule has 4 nitrogen and oxygen atoms in total. The second-order valence-corrected chi connectivity index (χ2v) is 9.45. The SMILES string of the molecule is CN(C)C(=O)N1C[C@H]2CN(Cc3ccc(Cl)s3)C[C@H]2[C@H]1c1cccc(F)c1. The first-order chi connectivity index (χ1) is 12.9. The molecule has 0 unspecified atom stereocenters. The number of fused-ring (bicyclic) bond motifs is 1. The summed E-state index contributed by atoms with van der Waals surface area (Å²) < 4.78 is 14.7. The summed E-state index contributed by atoms with van der Waals surface area (Å²) in [5, 5.41) is 0. The second-order valence-electron chi connectivity index (χ2n) is 7.65. The first kappa shape index (κ1) is 18.7. The lowest BCUT2D eigenvalue weighted by Crippen LogP contribution is -2.41. The van der Waals surface area contributed by atoms with Crippen molar-refractivity contribution in [3.8, 4) is 0 Å². The molecule has 0 aliphatic carbocycles. The number of amides is 2. The molecule has 3 heterocycles. The quantitative estimate of drug-likeness (QED) is 0.757. The first-order valence-electron chi connectivity index (χ1n) is 9.12. The van der Waals surface area contributed by atoms with Crippen LogP contribution >= 0.6 is 22.9 Å². The van der Waals surface area contributed by atoms with Gasteiger partial charge in [0.15, 0.2) is 0 Å². The highest BCUT2D eigenvalue weighted by Gasteiger charge is 2.49. The Morgan fingerprint density at radius 1 is 1.26 bits per heavy atom. The maximum absolute atomic E-state index is 13.9. The maximum atomic E-state index is 13.9. The lowest BCUT2D eigenvalue weighted by atomic mass is 9.89. The second kappa shape index (κ2) is 7.41. The highest BCUT2D eigenvalue weighted by atomic mass is 35.5. The Bertz CT molecular complexity index is 842. The summed E-state index contributed by atoms with van der Waals surface area (Å²) in [5.74, 6) is 0.458. The molecule has 2 aromatic rings. The van der Waals surface area contributed by atoms with Gasteiger partial charge in [-0.2, -0.15) is 0 Å². The van der Waals surface area contributed by atoms with Crippen molar-refractivity contribution < 1.29 is 9.18 Å². The van der Waals surface area contributed by atoms with E-state index in [0.717, 1.165) is 29.5 Å². The minimum atomic E-state index is -0.253. The standard InChI is InChI=1S/C20H23ClFN3OS/c1-23(2)20(26)25-10-14-9-24(11-16-6-7-18(21)27-16)12-17(14)19(25)13-4-3-5-15(22)8-13/h3-8,14,17,19H,9-12H2,1-2H3/t14-,17-,19-/m1/s1. The Labute approximate surface area is 168 Å². The molecule has 7 heteroatoms. The van der Waals surface area contributed by atoms with Gasteiger partial charge in [-0.25, -0.2) is 9.18 Å². The van der Waals surface area contributed by atoms with Gasteiger partial charge in [0, 0.05) is 51.1 Å². The number of carbonyl (C=O) groups excluding carboxylic acids is 1. The Morgan fingerprint density at radius 3 is 2.74 bits per heavy atom. The highest BCUT2D eigenvalue weighted by molar-refractivity contribution is 7.16. The lowest BCUT2D eigenvalue weighted by molar-refractivity contribution is 0.151. The average Bonchev–Trinajstić information content (AvgIpc) is 3.28. The van der Waals surface area contributed by atoms with Crippen LogP contribution in [0.5, 0.6) is 0 Å². The number of nitrogens with zero attached hydrogens (tertiary/aromatic N) is 3. The Kier molecular flexibility index (Phi) is 5.14. The molecule has 1 aromatic heterocycles. The van der Waals surface area contributed by atoms with E-state index in [1.54, 1.807) is 42.5 Å². The molecule has 144 valence electrons. The Hall–Kier alpha value is -1.63. The van der Waals surface area contributed by atoms with Gasteiger partial charge in [0.1, 0.15) is 5.82 Å². The minimum Gasteiger partial charge on any atom is -0.331 e. The number of thiophene rings is 1. The third-order valence-electron chi connectivity index (χ3n) is 5.57. The van der Waals surface area contributed by atoms with Gasteiger partial charge in [-0.3, -0.25) is 4.90 Å². The summed E-state index contributed by atoms with van der Waals surface area (Å²) >= 11 is 7.67. The summed E-state index contributed by atoms with van der Waals surface area (Å²) in [7, 11) is 3.54. The highest BCUT2D eigenvalue weighted by Crippen LogP contribution is 2.45. The van der Waals surface area contributed by atoms with Gasteiger partial charge in [-0.1, -0.05) is 23.7 Å². The van der Waals surface area contributed by atoms with E-state index in [2.05, 4.69) is 11.0 Å². The molecule has 2 fully saturated rings. The van der Waals surface area contributed by atoms with Crippen LogP contribution in [0.2, 0.25) is 4.34 Å². The minimum absolute atomic E-state index is 0.00440. The molecule has 0 radical (unpaired) electrons. The van der Waals surface area contributed by atoms with E-state index in [1.807, 2.05) is 17.0 Å². The maximum Gasteiger partial charge on any atom is 0.320 e. The van der Waals surface area contributed by atoms with Crippen molar-refractivity contribution >= 4 is 29.0 Å². The van der Waals surface area contributed by atoms with Crippen molar-refractivity contribution in [2.45, 2.75) is 12.6 Å². The van der Waals surface area contributed by atoms with Crippen molar-refractivity contribution in [3.05, 3.63) is 57.0 Å². The van der Waals surface area contributed by atoms with Gasteiger partial charge in [0.2, 0.25) is 0 Å². The summed E-state index contributed by atoms with van der Waals surface area (Å²) in [6, 6.07) is 10.6. The van der Waals surface area contributed by atoms with Crippen LogP contribution in [-0.2, 0) is 6.54 Å². The van der Waals surface area contributed by atoms with Crippen LogP contribution in [0.15, 0.2) is 36.4 Å². The molecule has 0 N–H and O–H groups in total. The zero-order valence-electron chi connectivity index (χ0n) is 15.4. The zero-order valence-corrected chi connectivity index (χ0v) is 17.0. The smallest absolute Gasteiger partial charge is 0.320 e. The van der Waals surface area contributed by atoms with Crippen LogP contribution in [0.1, 0.15) is 16.5 Å². The van der Waals surface area contributed by atoms with Crippen LogP contribution in [0.4, 0.5) is 9.18 Å². The van der Waals surface area contributed by atoms with Gasteiger partial charge in [-0.15, -0.1) is 11.3 Å². The number of rotatable bonds is 3. The number of hydrogen-bond donors (Lipinski definition) is 0. The molecule has 0 saturated carbocycles. The van der Waals surface area contributed by atoms with Crippen molar-refractivity contribution in [2.24, 2.45) is 11.8 Å². The van der Waals surface area contributed by atoms with Crippen molar-refractivity contribution in [1.82, 2.24) is 14.7 Å². The van der Waals surface area contributed by atoms with Gasteiger partial charge in [0.05, 0.1) is 10.4 Å². The van der Waals surface area contributed by atoms with E-state index >= 15 is 0 Å². The largest absolute Gasteiger partial charge is 0.331 e. The number of benzene rings is 1. The van der Waals surface area contributed by atoms with Crippen LogP contribution in [0.25, 0.3) is 0 Å².